The fourth-order valence-corrected chi connectivity index (χ4v) is 3.68. The van der Waals surface area contributed by atoms with Crippen LogP contribution in [0.1, 0.15) is 37.8 Å². The van der Waals surface area contributed by atoms with Gasteiger partial charge in [-0.3, -0.25) is 4.79 Å². The van der Waals surface area contributed by atoms with Gasteiger partial charge in [0.05, 0.1) is 20.3 Å². The number of rotatable bonds is 10. The van der Waals surface area contributed by atoms with Gasteiger partial charge in [-0.2, -0.15) is 0 Å². The molecule has 0 atom stereocenters. The summed E-state index contributed by atoms with van der Waals surface area (Å²) in [5.74, 6) is 1.59. The van der Waals surface area contributed by atoms with Crippen molar-refractivity contribution < 1.29 is 9.47 Å². The number of methoxy groups -OCH3 is 1. The Labute approximate surface area is 194 Å². The first-order valence-electron chi connectivity index (χ1n) is 11.0. The molecule has 3 aromatic rings. The SMILES string of the molecule is CCCCNC(=S)N(Cc1ccc(OC)cc1)Cc1cc2cc(OCC)ccc2[nH]c1=O. The van der Waals surface area contributed by atoms with E-state index in [1.54, 1.807) is 7.11 Å². The van der Waals surface area contributed by atoms with E-state index in [-0.39, 0.29) is 5.56 Å². The lowest BCUT2D eigenvalue weighted by Gasteiger charge is -2.26. The number of unbranched alkanes of at least 4 members (excludes halogenated alkanes) is 1. The summed E-state index contributed by atoms with van der Waals surface area (Å²) in [4.78, 5) is 17.8. The second kappa shape index (κ2) is 11.5. The van der Waals surface area contributed by atoms with Crippen LogP contribution in [0.4, 0.5) is 0 Å². The van der Waals surface area contributed by atoms with Crippen LogP contribution in [0.15, 0.2) is 53.3 Å². The van der Waals surface area contributed by atoms with Gasteiger partial charge in [0.2, 0.25) is 0 Å². The van der Waals surface area contributed by atoms with Crippen LogP contribution >= 0.6 is 12.2 Å². The van der Waals surface area contributed by atoms with Crippen molar-refractivity contribution in [1.82, 2.24) is 15.2 Å². The highest BCUT2D eigenvalue weighted by atomic mass is 32.1. The van der Waals surface area contributed by atoms with Crippen LogP contribution in [-0.2, 0) is 13.1 Å². The van der Waals surface area contributed by atoms with E-state index in [0.717, 1.165) is 47.4 Å². The number of H-pyrrole nitrogens is 1. The molecule has 170 valence electrons. The van der Waals surface area contributed by atoms with Gasteiger partial charge in [-0.15, -0.1) is 0 Å². The van der Waals surface area contributed by atoms with Crippen molar-refractivity contribution in [2.24, 2.45) is 0 Å². The van der Waals surface area contributed by atoms with Crippen LogP contribution in [0, 0.1) is 0 Å². The summed E-state index contributed by atoms with van der Waals surface area (Å²) in [5.41, 5.74) is 2.41. The summed E-state index contributed by atoms with van der Waals surface area (Å²) >= 11 is 5.69. The van der Waals surface area contributed by atoms with Crippen LogP contribution < -0.4 is 20.3 Å². The molecule has 0 amide bonds. The summed E-state index contributed by atoms with van der Waals surface area (Å²) in [6.45, 7) is 6.47. The van der Waals surface area contributed by atoms with Gasteiger partial charge in [0.15, 0.2) is 5.11 Å². The number of thiocarbonyl (C=S) groups is 1. The second-order valence-electron chi connectivity index (χ2n) is 7.60. The zero-order chi connectivity index (χ0) is 22.9. The third-order valence-electron chi connectivity index (χ3n) is 5.19. The summed E-state index contributed by atoms with van der Waals surface area (Å²) < 4.78 is 10.9. The molecule has 32 heavy (non-hydrogen) atoms. The minimum atomic E-state index is -0.113. The minimum absolute atomic E-state index is 0.113. The Bertz CT molecular complexity index is 1100. The van der Waals surface area contributed by atoms with Gasteiger partial charge in [0.1, 0.15) is 11.5 Å². The Kier molecular flexibility index (Phi) is 8.50. The van der Waals surface area contributed by atoms with E-state index in [4.69, 9.17) is 21.7 Å². The third-order valence-corrected chi connectivity index (χ3v) is 5.59. The molecule has 3 rings (SSSR count). The molecule has 0 bridgehead atoms. The number of ether oxygens (including phenoxy) is 2. The smallest absolute Gasteiger partial charge is 0.253 e. The molecule has 0 saturated carbocycles. The predicted molar refractivity (Wildman–Crippen MR) is 133 cm³/mol. The molecule has 7 heteroatoms. The third kappa shape index (κ3) is 6.23. The maximum atomic E-state index is 12.8. The number of hydrogen-bond acceptors (Lipinski definition) is 4. The molecule has 2 aromatic carbocycles. The minimum Gasteiger partial charge on any atom is -0.497 e. The summed E-state index contributed by atoms with van der Waals surface area (Å²) in [6.07, 6.45) is 2.12. The normalized spacial score (nSPS) is 10.7. The van der Waals surface area contributed by atoms with Crippen LogP contribution in [0.25, 0.3) is 10.9 Å². The summed E-state index contributed by atoms with van der Waals surface area (Å²) in [6, 6.07) is 15.5. The Morgan fingerprint density at radius 3 is 2.50 bits per heavy atom. The molecule has 1 heterocycles. The van der Waals surface area contributed by atoms with E-state index in [0.29, 0.717) is 30.4 Å². The van der Waals surface area contributed by atoms with E-state index < -0.39 is 0 Å². The number of aromatic nitrogens is 1. The molecular formula is C25H31N3O3S. The molecule has 0 aliphatic rings. The van der Waals surface area contributed by atoms with Crippen molar-refractivity contribution in [1.29, 1.82) is 0 Å². The zero-order valence-corrected chi connectivity index (χ0v) is 19.8. The second-order valence-corrected chi connectivity index (χ2v) is 7.98. The van der Waals surface area contributed by atoms with Crippen molar-refractivity contribution >= 4 is 28.2 Å². The molecule has 2 N–H and O–H groups in total. The fourth-order valence-electron chi connectivity index (χ4n) is 3.44. The fraction of sp³-hybridized carbons (Fsp3) is 0.360. The number of pyridine rings is 1. The highest BCUT2D eigenvalue weighted by molar-refractivity contribution is 7.80. The van der Waals surface area contributed by atoms with Gasteiger partial charge in [-0.25, -0.2) is 0 Å². The molecule has 0 saturated heterocycles. The van der Waals surface area contributed by atoms with E-state index in [2.05, 4.69) is 17.2 Å². The summed E-state index contributed by atoms with van der Waals surface area (Å²) in [5, 5.41) is 4.90. The van der Waals surface area contributed by atoms with Crippen LogP contribution in [0.2, 0.25) is 0 Å². The van der Waals surface area contributed by atoms with Crippen LogP contribution in [-0.4, -0.2) is 35.3 Å². The topological polar surface area (TPSA) is 66.6 Å². The zero-order valence-electron chi connectivity index (χ0n) is 18.9. The van der Waals surface area contributed by atoms with Gasteiger partial charge in [-0.1, -0.05) is 25.5 Å². The van der Waals surface area contributed by atoms with E-state index in [1.807, 2.05) is 60.4 Å². The first kappa shape index (κ1) is 23.6. The lowest BCUT2D eigenvalue weighted by Crippen LogP contribution is -2.40. The van der Waals surface area contributed by atoms with E-state index in [9.17, 15) is 4.79 Å². The highest BCUT2D eigenvalue weighted by Gasteiger charge is 2.14. The molecule has 0 unspecified atom stereocenters. The summed E-state index contributed by atoms with van der Waals surface area (Å²) in [7, 11) is 1.65. The number of benzene rings is 2. The average Bonchev–Trinajstić information content (AvgIpc) is 2.80. The molecule has 0 aliphatic heterocycles. The van der Waals surface area contributed by atoms with Gasteiger partial charge in [0, 0.05) is 29.6 Å². The molecule has 0 radical (unpaired) electrons. The Hall–Kier alpha value is -3.06. The largest absolute Gasteiger partial charge is 0.497 e. The number of aromatic amines is 1. The van der Waals surface area contributed by atoms with Crippen molar-refractivity contribution in [3.63, 3.8) is 0 Å². The van der Waals surface area contributed by atoms with Crippen molar-refractivity contribution in [2.75, 3.05) is 20.3 Å². The Morgan fingerprint density at radius 1 is 1.06 bits per heavy atom. The maximum absolute atomic E-state index is 12.8. The van der Waals surface area contributed by atoms with Crippen LogP contribution in [0.5, 0.6) is 11.5 Å². The van der Waals surface area contributed by atoms with Gasteiger partial charge in [-0.05, 0) is 67.5 Å². The quantitative estimate of drug-likeness (QED) is 0.345. The van der Waals surface area contributed by atoms with E-state index in [1.165, 1.54) is 0 Å². The predicted octanol–water partition coefficient (Wildman–Crippen LogP) is 4.61. The highest BCUT2D eigenvalue weighted by Crippen LogP contribution is 2.20. The first-order chi connectivity index (χ1) is 15.5. The van der Waals surface area contributed by atoms with Crippen LogP contribution in [0.3, 0.4) is 0 Å². The van der Waals surface area contributed by atoms with Gasteiger partial charge >= 0.3 is 0 Å². The standard InChI is InChI=1S/C25H31N3O3S/c1-4-6-13-26-25(32)28(16-18-7-9-21(30-3)10-8-18)17-20-14-19-15-22(31-5-2)11-12-23(19)27-24(20)29/h7-12,14-15H,4-6,13,16-17H2,1-3H3,(H,26,32)(H,27,29). The number of fused-ring (bicyclic) bond motifs is 1. The lowest BCUT2D eigenvalue weighted by atomic mass is 10.1. The first-order valence-corrected chi connectivity index (χ1v) is 11.4. The number of hydrogen-bond donors (Lipinski definition) is 2. The molecular weight excluding hydrogens is 422 g/mol. The lowest BCUT2D eigenvalue weighted by molar-refractivity contribution is 0.340. The molecule has 0 spiro atoms. The maximum Gasteiger partial charge on any atom is 0.253 e. The van der Waals surface area contributed by atoms with E-state index >= 15 is 0 Å². The Morgan fingerprint density at radius 2 is 1.81 bits per heavy atom. The van der Waals surface area contributed by atoms with Gasteiger partial charge < -0.3 is 24.7 Å². The number of nitrogens with zero attached hydrogens (tertiary/aromatic N) is 1. The Balaban J connectivity index is 1.87. The monoisotopic (exact) mass is 453 g/mol. The number of nitrogens with one attached hydrogen (secondary N) is 2. The molecule has 0 fully saturated rings. The molecule has 6 nitrogen and oxygen atoms in total. The molecule has 1 aromatic heterocycles. The average molecular weight is 454 g/mol. The van der Waals surface area contributed by atoms with Crippen molar-refractivity contribution in [3.05, 3.63) is 70.0 Å². The van der Waals surface area contributed by atoms with Crippen molar-refractivity contribution in [2.45, 2.75) is 39.8 Å². The molecule has 0 aliphatic carbocycles. The van der Waals surface area contributed by atoms with Crippen molar-refractivity contribution in [3.8, 4) is 11.5 Å². The van der Waals surface area contributed by atoms with Gasteiger partial charge in [0.25, 0.3) is 5.56 Å².